The van der Waals surface area contributed by atoms with Crippen LogP contribution in [-0.2, 0) is 32.1 Å². The van der Waals surface area contributed by atoms with Gasteiger partial charge in [-0.15, -0.1) is 0 Å². The van der Waals surface area contributed by atoms with Crippen LogP contribution in [0.15, 0.2) is 36.4 Å². The first-order chi connectivity index (χ1) is 16.9. The molecule has 1 saturated heterocycles. The second-order valence-electron chi connectivity index (χ2n) is 8.62. The number of benzene rings is 2. The Morgan fingerprint density at radius 2 is 1.37 bits per heavy atom. The summed E-state index contributed by atoms with van der Waals surface area (Å²) >= 11 is 0. The van der Waals surface area contributed by atoms with Crippen molar-refractivity contribution >= 4 is 21.6 Å². The number of nitrogens with zero attached hydrogens (tertiary/aromatic N) is 1. The summed E-state index contributed by atoms with van der Waals surface area (Å²) < 4.78 is 47.5. The average molecular weight is 524 g/mol. The van der Waals surface area contributed by atoms with Crippen molar-refractivity contribution in [3.05, 3.63) is 47.5 Å². The summed E-state index contributed by atoms with van der Waals surface area (Å²) in [5.41, 5.74) is 1.98. The summed E-state index contributed by atoms with van der Waals surface area (Å²) in [6, 6.07) is 11.5. The van der Waals surface area contributed by atoms with E-state index in [0.717, 1.165) is 49.4 Å². The van der Waals surface area contributed by atoms with Gasteiger partial charge in [-0.05, 0) is 74.7 Å². The molecule has 0 aromatic heterocycles. The number of hydrogen-bond acceptors (Lipinski definition) is 7. The fourth-order valence-electron chi connectivity index (χ4n) is 4.51. The van der Waals surface area contributed by atoms with Crippen molar-refractivity contribution in [1.29, 1.82) is 0 Å². The molecule has 1 heterocycles. The zero-order chi connectivity index (χ0) is 25.4. The van der Waals surface area contributed by atoms with Crippen LogP contribution in [0.2, 0.25) is 0 Å². The summed E-state index contributed by atoms with van der Waals surface area (Å²) in [5, 5.41) is 0. The van der Waals surface area contributed by atoms with E-state index >= 15 is 0 Å². The quantitative estimate of drug-likeness (QED) is 0.420. The molecule has 7 nitrogen and oxygen atoms in total. The Bertz CT molecular complexity index is 1030. The fourth-order valence-corrected chi connectivity index (χ4v) is 9.02. The molecule has 2 aromatic rings. The van der Waals surface area contributed by atoms with Crippen LogP contribution >= 0.6 is 0 Å². The summed E-state index contributed by atoms with van der Waals surface area (Å²) in [7, 11) is 6.05. The highest BCUT2D eigenvalue weighted by Crippen LogP contribution is 2.43. The lowest BCUT2D eigenvalue weighted by Crippen LogP contribution is -2.43. The predicted molar refractivity (Wildman–Crippen MR) is 142 cm³/mol. The highest BCUT2D eigenvalue weighted by atomic mass is 32.2. The van der Waals surface area contributed by atoms with Crippen molar-refractivity contribution in [1.82, 2.24) is 4.90 Å². The first-order valence-corrected chi connectivity index (χ1v) is 14.4. The Kier molecular flexibility index (Phi) is 10.0. The molecule has 0 aliphatic carbocycles. The monoisotopic (exact) mass is 523 g/mol. The lowest BCUT2D eigenvalue weighted by molar-refractivity contribution is 0.326. The molecule has 1 aliphatic heterocycles. The van der Waals surface area contributed by atoms with E-state index < -0.39 is 25.7 Å². The lowest BCUT2D eigenvalue weighted by atomic mass is 10.1. The van der Waals surface area contributed by atoms with Crippen LogP contribution in [-0.4, -0.2) is 73.4 Å². The number of hydrogen-bond donors (Lipinski definition) is 0. The van der Waals surface area contributed by atoms with Crippen LogP contribution in [0.25, 0.3) is 0 Å². The highest BCUT2D eigenvalue weighted by Gasteiger charge is 2.46. The van der Waals surface area contributed by atoms with Gasteiger partial charge < -0.3 is 23.8 Å². The van der Waals surface area contributed by atoms with Crippen LogP contribution in [0, 0.1) is 0 Å². The van der Waals surface area contributed by atoms with E-state index in [1.165, 1.54) is 5.56 Å². The smallest absolute Gasteiger partial charge is 0.161 e. The minimum atomic E-state index is -1.23. The van der Waals surface area contributed by atoms with Crippen molar-refractivity contribution in [2.75, 3.05) is 60.1 Å². The fraction of sp³-hybridized carbons (Fsp3) is 0.538. The molecule has 1 aliphatic rings. The van der Waals surface area contributed by atoms with Gasteiger partial charge in [0.05, 0.1) is 28.4 Å². The Balaban J connectivity index is 1.69. The van der Waals surface area contributed by atoms with Crippen LogP contribution in [0.1, 0.15) is 30.4 Å². The van der Waals surface area contributed by atoms with Crippen molar-refractivity contribution in [3.8, 4) is 23.0 Å². The molecule has 0 amide bonds. The van der Waals surface area contributed by atoms with Crippen molar-refractivity contribution in [3.63, 3.8) is 0 Å². The molecular weight excluding hydrogens is 486 g/mol. The lowest BCUT2D eigenvalue weighted by Gasteiger charge is -2.36. The minimum absolute atomic E-state index is 0.565. The molecule has 194 valence electrons. The first kappa shape index (κ1) is 27.5. The summed E-state index contributed by atoms with van der Waals surface area (Å²) in [4.78, 5) is 2.26. The van der Waals surface area contributed by atoms with Crippen LogP contribution in [0.5, 0.6) is 23.0 Å². The van der Waals surface area contributed by atoms with Gasteiger partial charge in [0, 0.05) is 39.6 Å². The third-order valence-corrected chi connectivity index (χ3v) is 11.3. The van der Waals surface area contributed by atoms with Gasteiger partial charge in [-0.1, -0.05) is 12.1 Å². The minimum Gasteiger partial charge on any atom is -0.493 e. The Morgan fingerprint density at radius 3 is 1.97 bits per heavy atom. The molecule has 0 spiro atoms. The van der Waals surface area contributed by atoms with E-state index in [0.29, 0.717) is 29.4 Å². The second-order valence-corrected chi connectivity index (χ2v) is 12.5. The van der Waals surface area contributed by atoms with E-state index in [-0.39, 0.29) is 0 Å². The van der Waals surface area contributed by atoms with Gasteiger partial charge in [0.15, 0.2) is 23.0 Å². The maximum absolute atomic E-state index is 13.4. The number of likely N-dealkylation sites (N-methyl/N-ethyl adjacent to an activating group) is 1. The zero-order valence-corrected chi connectivity index (χ0v) is 23.0. The van der Waals surface area contributed by atoms with Crippen LogP contribution < -0.4 is 18.9 Å². The summed E-state index contributed by atoms with van der Waals surface area (Å²) in [5.74, 6) is 3.75. The molecule has 35 heavy (non-hydrogen) atoms. The standard InChI is InChI=1S/C26H37NO6S2/c1-27(15-12-20-8-10-22(30-2)24(18-20)32-4)14-6-13-26(34(28)16-7-17-35(26)29)21-9-11-23(31-3)25(19-21)33-5/h8-11,18-19H,6-7,12-17H2,1-5H3. The zero-order valence-electron chi connectivity index (χ0n) is 21.3. The third-order valence-electron chi connectivity index (χ3n) is 6.49. The van der Waals surface area contributed by atoms with Gasteiger partial charge in [0.25, 0.3) is 0 Å². The normalized spacial score (nSPS) is 22.1. The van der Waals surface area contributed by atoms with E-state index in [9.17, 15) is 8.42 Å². The highest BCUT2D eigenvalue weighted by molar-refractivity contribution is 8.04. The summed E-state index contributed by atoms with van der Waals surface area (Å²) in [6.45, 7) is 1.68. The molecule has 0 saturated carbocycles. The van der Waals surface area contributed by atoms with Gasteiger partial charge in [-0.3, -0.25) is 8.42 Å². The van der Waals surface area contributed by atoms with Crippen LogP contribution in [0.3, 0.4) is 0 Å². The molecule has 2 atom stereocenters. The Morgan fingerprint density at radius 1 is 0.800 bits per heavy atom. The number of methoxy groups -OCH3 is 4. The first-order valence-electron chi connectivity index (χ1n) is 11.8. The molecule has 1 fully saturated rings. The molecule has 0 radical (unpaired) electrons. The summed E-state index contributed by atoms with van der Waals surface area (Å²) in [6.07, 6.45) is 2.96. The number of ether oxygens (including phenoxy) is 4. The number of rotatable bonds is 12. The van der Waals surface area contributed by atoms with E-state index in [1.807, 2.05) is 30.3 Å². The van der Waals surface area contributed by atoms with Crippen LogP contribution in [0.4, 0.5) is 0 Å². The van der Waals surface area contributed by atoms with E-state index in [2.05, 4.69) is 18.0 Å². The van der Waals surface area contributed by atoms with Crippen molar-refractivity contribution < 1.29 is 27.4 Å². The van der Waals surface area contributed by atoms with Gasteiger partial charge in [0.1, 0.15) is 4.08 Å². The SMILES string of the molecule is COc1ccc(CCN(C)CCCC2(c3ccc(OC)c(OC)c3)S(=O)CCCS2=O)cc1OC. The Hall–Kier alpha value is -2.10. The average Bonchev–Trinajstić information content (AvgIpc) is 2.88. The predicted octanol–water partition coefficient (Wildman–Crippen LogP) is 3.73. The molecule has 3 rings (SSSR count). The maximum atomic E-state index is 13.4. The van der Waals surface area contributed by atoms with Gasteiger partial charge >= 0.3 is 0 Å². The van der Waals surface area contributed by atoms with Gasteiger partial charge in [-0.25, -0.2) is 0 Å². The topological polar surface area (TPSA) is 74.3 Å². The molecular formula is C26H37NO6S2. The molecule has 0 bridgehead atoms. The largest absolute Gasteiger partial charge is 0.493 e. The molecule has 2 unspecified atom stereocenters. The maximum Gasteiger partial charge on any atom is 0.161 e. The van der Waals surface area contributed by atoms with E-state index in [1.54, 1.807) is 28.4 Å². The molecule has 0 N–H and O–H groups in total. The molecule has 2 aromatic carbocycles. The molecule has 9 heteroatoms. The third kappa shape index (κ3) is 6.19. The Labute approximate surface area is 214 Å². The van der Waals surface area contributed by atoms with Gasteiger partial charge in [-0.2, -0.15) is 0 Å². The van der Waals surface area contributed by atoms with Gasteiger partial charge in [0.2, 0.25) is 0 Å². The van der Waals surface area contributed by atoms with E-state index in [4.69, 9.17) is 18.9 Å². The van der Waals surface area contributed by atoms with Crippen molar-refractivity contribution in [2.24, 2.45) is 0 Å². The second kappa shape index (κ2) is 12.7. The van der Waals surface area contributed by atoms with Crippen molar-refractivity contribution in [2.45, 2.75) is 29.8 Å².